The van der Waals surface area contributed by atoms with Gasteiger partial charge in [0.2, 0.25) is 0 Å². The second kappa shape index (κ2) is 7.15. The summed E-state index contributed by atoms with van der Waals surface area (Å²) in [7, 11) is 0. The van der Waals surface area contributed by atoms with Crippen molar-refractivity contribution in [3.8, 4) is 5.75 Å². The van der Waals surface area contributed by atoms with Crippen molar-refractivity contribution in [1.29, 1.82) is 0 Å². The van der Waals surface area contributed by atoms with E-state index in [1.54, 1.807) is 0 Å². The summed E-state index contributed by atoms with van der Waals surface area (Å²) in [5.41, 5.74) is 2.53. The van der Waals surface area contributed by atoms with E-state index in [2.05, 4.69) is 38.1 Å². The lowest BCUT2D eigenvalue weighted by Crippen LogP contribution is -2.25. The quantitative estimate of drug-likeness (QED) is 0.798. The fourth-order valence-electron chi connectivity index (χ4n) is 2.00. The summed E-state index contributed by atoms with van der Waals surface area (Å²) in [4.78, 5) is 0. The molecule has 1 aromatic carbocycles. The van der Waals surface area contributed by atoms with Crippen molar-refractivity contribution in [2.75, 3.05) is 13.2 Å². The van der Waals surface area contributed by atoms with Crippen LogP contribution in [0.4, 0.5) is 0 Å². The highest BCUT2D eigenvalue weighted by Crippen LogP contribution is 2.16. The van der Waals surface area contributed by atoms with Crippen LogP contribution in [-0.2, 0) is 4.74 Å². The zero-order valence-corrected chi connectivity index (χ0v) is 11.8. The van der Waals surface area contributed by atoms with Crippen LogP contribution in [0.3, 0.4) is 0 Å². The molecule has 0 N–H and O–H groups in total. The Morgan fingerprint density at radius 2 is 1.58 bits per heavy atom. The van der Waals surface area contributed by atoms with Crippen LogP contribution in [0.2, 0.25) is 0 Å². The highest BCUT2D eigenvalue weighted by molar-refractivity contribution is 5.26. The molecule has 0 atom stereocenters. The number of rotatable bonds is 2. The minimum absolute atomic E-state index is 0.280. The SMILES string of the molecule is Cc1cccccc(OC2CCOCC2)ccc1C. The highest BCUT2D eigenvalue weighted by Gasteiger charge is 2.14. The summed E-state index contributed by atoms with van der Waals surface area (Å²) in [6.07, 6.45) is 2.23. The van der Waals surface area contributed by atoms with Gasteiger partial charge in [-0.3, -0.25) is 0 Å². The van der Waals surface area contributed by atoms with Crippen LogP contribution in [0.25, 0.3) is 0 Å². The topological polar surface area (TPSA) is 18.5 Å². The van der Waals surface area contributed by atoms with Crippen LogP contribution < -0.4 is 4.74 Å². The van der Waals surface area contributed by atoms with Gasteiger partial charge in [-0.15, -0.1) is 0 Å². The minimum Gasteiger partial charge on any atom is -0.490 e. The second-order valence-electron chi connectivity index (χ2n) is 4.94. The van der Waals surface area contributed by atoms with E-state index in [1.807, 2.05) is 18.2 Å². The predicted molar refractivity (Wildman–Crippen MR) is 78.0 cm³/mol. The summed E-state index contributed by atoms with van der Waals surface area (Å²) >= 11 is 0. The van der Waals surface area contributed by atoms with E-state index in [4.69, 9.17) is 9.47 Å². The lowest BCUT2D eigenvalue weighted by molar-refractivity contribution is 0.0256. The van der Waals surface area contributed by atoms with Crippen molar-refractivity contribution in [3.63, 3.8) is 0 Å². The lowest BCUT2D eigenvalue weighted by Gasteiger charge is -2.23. The lowest BCUT2D eigenvalue weighted by atomic mass is 10.1. The molecule has 0 radical (unpaired) electrons. The van der Waals surface area contributed by atoms with E-state index in [9.17, 15) is 0 Å². The van der Waals surface area contributed by atoms with Crippen LogP contribution in [0.15, 0.2) is 42.5 Å². The van der Waals surface area contributed by atoms with E-state index in [0.717, 1.165) is 31.8 Å². The van der Waals surface area contributed by atoms with Gasteiger partial charge in [0, 0.05) is 12.8 Å². The number of hydrogen-bond acceptors (Lipinski definition) is 2. The maximum atomic E-state index is 6.04. The highest BCUT2D eigenvalue weighted by atomic mass is 16.5. The van der Waals surface area contributed by atoms with Gasteiger partial charge in [-0.2, -0.15) is 0 Å². The first kappa shape index (κ1) is 13.9. The zero-order valence-electron chi connectivity index (χ0n) is 11.8. The molecule has 19 heavy (non-hydrogen) atoms. The number of ether oxygens (including phenoxy) is 2. The Labute approximate surface area is 115 Å². The molecule has 1 aliphatic heterocycles. The fraction of sp³-hybridized carbons (Fsp3) is 0.412. The van der Waals surface area contributed by atoms with Crippen LogP contribution in [-0.4, -0.2) is 19.3 Å². The molecule has 1 heterocycles. The van der Waals surface area contributed by atoms with E-state index in [0.29, 0.717) is 0 Å². The molecular formula is C17H22O2. The summed E-state index contributed by atoms with van der Waals surface area (Å²) < 4.78 is 11.4. The molecule has 0 aromatic heterocycles. The standard InChI is InChI=1S/C17H22O2/c1-14-6-4-3-5-7-16(9-8-15(14)2)19-17-10-12-18-13-11-17/h3-9,17H,10-13H2,1-2H3. The van der Waals surface area contributed by atoms with Gasteiger partial charge < -0.3 is 9.47 Å². The smallest absolute Gasteiger partial charge is 0.119 e. The Morgan fingerprint density at radius 1 is 0.895 bits per heavy atom. The molecule has 0 saturated carbocycles. The summed E-state index contributed by atoms with van der Waals surface area (Å²) in [5.74, 6) is 0.922. The fourth-order valence-corrected chi connectivity index (χ4v) is 2.00. The molecule has 1 aromatic rings. The molecule has 0 aliphatic carbocycles. The maximum absolute atomic E-state index is 6.04. The van der Waals surface area contributed by atoms with E-state index in [-0.39, 0.29) is 6.10 Å². The number of aryl methyl sites for hydroxylation is 2. The Hall–Kier alpha value is -1.54. The van der Waals surface area contributed by atoms with Gasteiger partial charge in [0.15, 0.2) is 0 Å². The van der Waals surface area contributed by atoms with Gasteiger partial charge in [0.25, 0.3) is 0 Å². The maximum Gasteiger partial charge on any atom is 0.119 e. The normalized spacial score (nSPS) is 15.7. The van der Waals surface area contributed by atoms with Gasteiger partial charge in [0.05, 0.1) is 13.2 Å². The van der Waals surface area contributed by atoms with Crippen LogP contribution in [0, 0.1) is 13.8 Å². The molecule has 0 unspecified atom stereocenters. The molecule has 102 valence electrons. The monoisotopic (exact) mass is 258 g/mol. The Bertz CT molecular complexity index is 461. The molecule has 1 saturated heterocycles. The summed E-state index contributed by atoms with van der Waals surface area (Å²) in [5, 5.41) is 0. The first-order valence-electron chi connectivity index (χ1n) is 6.91. The molecule has 1 fully saturated rings. The summed E-state index contributed by atoms with van der Waals surface area (Å²) in [6, 6.07) is 14.4. The van der Waals surface area contributed by atoms with Crippen LogP contribution >= 0.6 is 0 Å². The minimum atomic E-state index is 0.280. The van der Waals surface area contributed by atoms with Crippen molar-refractivity contribution in [1.82, 2.24) is 0 Å². The van der Waals surface area contributed by atoms with Crippen LogP contribution in [0.1, 0.15) is 24.0 Å². The Balaban J connectivity index is 2.21. The Morgan fingerprint density at radius 3 is 2.37 bits per heavy atom. The van der Waals surface area contributed by atoms with E-state index < -0.39 is 0 Å². The Kier molecular flexibility index (Phi) is 5.22. The van der Waals surface area contributed by atoms with Crippen molar-refractivity contribution >= 4 is 0 Å². The molecule has 0 spiro atoms. The van der Waals surface area contributed by atoms with Gasteiger partial charge >= 0.3 is 0 Å². The van der Waals surface area contributed by atoms with Crippen molar-refractivity contribution in [2.24, 2.45) is 0 Å². The summed E-state index contributed by atoms with van der Waals surface area (Å²) in [6.45, 7) is 5.85. The first-order chi connectivity index (χ1) is 9.25. The average Bonchev–Trinajstić information content (AvgIpc) is 2.44. The molecule has 1 aliphatic rings. The second-order valence-corrected chi connectivity index (χ2v) is 4.94. The largest absolute Gasteiger partial charge is 0.490 e. The predicted octanol–water partition coefficient (Wildman–Crippen LogP) is 3.99. The van der Waals surface area contributed by atoms with E-state index >= 15 is 0 Å². The van der Waals surface area contributed by atoms with Gasteiger partial charge in [-0.25, -0.2) is 0 Å². The van der Waals surface area contributed by atoms with Gasteiger partial charge in [-0.05, 0) is 37.1 Å². The average molecular weight is 258 g/mol. The third-order valence-corrected chi connectivity index (χ3v) is 3.42. The van der Waals surface area contributed by atoms with Gasteiger partial charge in [0.1, 0.15) is 11.9 Å². The molecule has 2 rings (SSSR count). The molecule has 2 heteroatoms. The molecule has 2 nitrogen and oxygen atoms in total. The van der Waals surface area contributed by atoms with Crippen molar-refractivity contribution in [3.05, 3.63) is 53.6 Å². The number of hydrogen-bond donors (Lipinski definition) is 0. The molecule has 0 bridgehead atoms. The molecular weight excluding hydrogens is 236 g/mol. The van der Waals surface area contributed by atoms with Gasteiger partial charge in [-0.1, -0.05) is 30.3 Å². The first-order valence-corrected chi connectivity index (χ1v) is 6.91. The third kappa shape index (κ3) is 4.56. The van der Waals surface area contributed by atoms with E-state index in [1.165, 1.54) is 11.1 Å². The van der Waals surface area contributed by atoms with Crippen molar-refractivity contribution < 1.29 is 9.47 Å². The zero-order chi connectivity index (χ0) is 13.5. The van der Waals surface area contributed by atoms with Crippen molar-refractivity contribution in [2.45, 2.75) is 32.8 Å². The third-order valence-electron chi connectivity index (χ3n) is 3.42. The molecule has 0 amide bonds. The van der Waals surface area contributed by atoms with Crippen LogP contribution in [0.5, 0.6) is 5.75 Å².